The Labute approximate surface area is 176 Å². The molecule has 0 bridgehead atoms. The maximum absolute atomic E-state index is 12.7. The molecule has 6 heteroatoms. The van der Waals surface area contributed by atoms with Crippen LogP contribution in [-0.2, 0) is 11.3 Å². The number of ketones is 1. The summed E-state index contributed by atoms with van der Waals surface area (Å²) in [5.74, 6) is -0.224. The molecule has 0 saturated heterocycles. The van der Waals surface area contributed by atoms with Crippen molar-refractivity contribution in [1.29, 1.82) is 0 Å². The number of anilines is 1. The zero-order chi connectivity index (χ0) is 21.1. The van der Waals surface area contributed by atoms with Gasteiger partial charge in [-0.3, -0.25) is 19.3 Å². The molecule has 0 atom stereocenters. The minimum atomic E-state index is -0.129. The van der Waals surface area contributed by atoms with E-state index in [9.17, 15) is 14.4 Å². The van der Waals surface area contributed by atoms with Gasteiger partial charge in [-0.05, 0) is 62.4 Å². The summed E-state index contributed by atoms with van der Waals surface area (Å²) in [4.78, 5) is 38.7. The Morgan fingerprint density at radius 1 is 0.967 bits per heavy atom. The minimum Gasteiger partial charge on any atom is -0.349 e. The molecule has 4 rings (SSSR count). The number of hydrogen-bond donors (Lipinski definition) is 2. The van der Waals surface area contributed by atoms with Crippen LogP contribution in [-0.4, -0.2) is 41.1 Å². The van der Waals surface area contributed by atoms with Crippen LogP contribution < -0.4 is 10.6 Å². The van der Waals surface area contributed by atoms with Gasteiger partial charge in [0.25, 0.3) is 5.91 Å². The van der Waals surface area contributed by atoms with E-state index in [0.29, 0.717) is 35.4 Å². The zero-order valence-corrected chi connectivity index (χ0v) is 17.2. The van der Waals surface area contributed by atoms with Crippen LogP contribution in [0.3, 0.4) is 0 Å². The molecule has 156 valence electrons. The lowest BCUT2D eigenvalue weighted by Crippen LogP contribution is -2.34. The first-order chi connectivity index (χ1) is 14.5. The van der Waals surface area contributed by atoms with Gasteiger partial charge in [-0.2, -0.15) is 0 Å². The van der Waals surface area contributed by atoms with Crippen molar-refractivity contribution in [2.24, 2.45) is 0 Å². The molecule has 0 radical (unpaired) electrons. The van der Waals surface area contributed by atoms with Crippen molar-refractivity contribution in [3.63, 3.8) is 0 Å². The van der Waals surface area contributed by atoms with Crippen molar-refractivity contribution >= 4 is 23.3 Å². The Bertz CT molecular complexity index is 946. The van der Waals surface area contributed by atoms with Crippen molar-refractivity contribution in [1.82, 2.24) is 10.2 Å². The van der Waals surface area contributed by atoms with E-state index in [0.717, 1.165) is 31.2 Å². The molecule has 0 aromatic heterocycles. The van der Waals surface area contributed by atoms with E-state index in [-0.39, 0.29) is 24.1 Å². The Balaban J connectivity index is 1.37. The SMILES string of the molecule is CC(=O)c1ccccc1NC(=O)CN(Cc1ccc(C(=O)NC2CC2)cc1)C1CC1. The highest BCUT2D eigenvalue weighted by Gasteiger charge is 2.30. The second-order valence-electron chi connectivity index (χ2n) is 8.23. The zero-order valence-electron chi connectivity index (χ0n) is 17.2. The Kier molecular flexibility index (Phi) is 5.95. The molecule has 30 heavy (non-hydrogen) atoms. The van der Waals surface area contributed by atoms with Gasteiger partial charge in [0.1, 0.15) is 0 Å². The lowest BCUT2D eigenvalue weighted by atomic mass is 10.1. The number of rotatable bonds is 9. The number of Topliss-reactive ketones (excluding diaryl/α,β-unsaturated/α-hetero) is 1. The van der Waals surface area contributed by atoms with E-state index in [2.05, 4.69) is 15.5 Å². The van der Waals surface area contributed by atoms with E-state index in [1.165, 1.54) is 6.92 Å². The average molecular weight is 405 g/mol. The third-order valence-corrected chi connectivity index (χ3v) is 5.50. The molecule has 0 aliphatic heterocycles. The van der Waals surface area contributed by atoms with E-state index in [1.807, 2.05) is 30.3 Å². The normalized spacial score (nSPS) is 15.7. The Hall–Kier alpha value is -2.99. The molecule has 2 aromatic rings. The van der Waals surface area contributed by atoms with Crippen molar-refractivity contribution in [3.05, 3.63) is 65.2 Å². The fraction of sp³-hybridized carbons (Fsp3) is 0.375. The van der Waals surface area contributed by atoms with Crippen molar-refractivity contribution in [2.75, 3.05) is 11.9 Å². The predicted octanol–water partition coefficient (Wildman–Crippen LogP) is 3.38. The van der Waals surface area contributed by atoms with Crippen LogP contribution in [0.4, 0.5) is 5.69 Å². The van der Waals surface area contributed by atoms with Gasteiger partial charge in [0.2, 0.25) is 5.91 Å². The van der Waals surface area contributed by atoms with Gasteiger partial charge in [-0.1, -0.05) is 24.3 Å². The molecular formula is C24H27N3O3. The number of para-hydroxylation sites is 1. The molecule has 2 aromatic carbocycles. The summed E-state index contributed by atoms with van der Waals surface area (Å²) in [7, 11) is 0. The maximum atomic E-state index is 12.7. The molecule has 0 spiro atoms. The second kappa shape index (κ2) is 8.79. The van der Waals surface area contributed by atoms with Gasteiger partial charge in [0, 0.05) is 29.8 Å². The second-order valence-corrected chi connectivity index (χ2v) is 8.23. The molecule has 2 aliphatic carbocycles. The molecule has 2 aliphatic rings. The third kappa shape index (κ3) is 5.33. The Morgan fingerprint density at radius 2 is 1.67 bits per heavy atom. The van der Waals surface area contributed by atoms with Crippen LogP contribution in [0.5, 0.6) is 0 Å². The minimum absolute atomic E-state index is 0.0217. The van der Waals surface area contributed by atoms with Crippen LogP contribution in [0, 0.1) is 0 Å². The highest BCUT2D eigenvalue weighted by molar-refractivity contribution is 6.04. The lowest BCUT2D eigenvalue weighted by Gasteiger charge is -2.22. The first kappa shape index (κ1) is 20.3. The smallest absolute Gasteiger partial charge is 0.251 e. The monoisotopic (exact) mass is 405 g/mol. The third-order valence-electron chi connectivity index (χ3n) is 5.50. The topological polar surface area (TPSA) is 78.5 Å². The number of amides is 2. The van der Waals surface area contributed by atoms with E-state index < -0.39 is 0 Å². The van der Waals surface area contributed by atoms with E-state index >= 15 is 0 Å². The van der Waals surface area contributed by atoms with E-state index in [4.69, 9.17) is 0 Å². The predicted molar refractivity (Wildman–Crippen MR) is 115 cm³/mol. The molecular weight excluding hydrogens is 378 g/mol. The van der Waals surface area contributed by atoms with Crippen LogP contribution in [0.25, 0.3) is 0 Å². The van der Waals surface area contributed by atoms with Gasteiger partial charge in [-0.25, -0.2) is 0 Å². The summed E-state index contributed by atoms with van der Waals surface area (Å²) in [6.07, 6.45) is 4.30. The molecule has 2 fully saturated rings. The van der Waals surface area contributed by atoms with Crippen LogP contribution in [0.2, 0.25) is 0 Å². The summed E-state index contributed by atoms with van der Waals surface area (Å²) in [6, 6.07) is 15.4. The first-order valence-corrected chi connectivity index (χ1v) is 10.5. The summed E-state index contributed by atoms with van der Waals surface area (Å²) in [5, 5.41) is 5.88. The number of benzene rings is 2. The van der Waals surface area contributed by atoms with Crippen molar-refractivity contribution in [3.8, 4) is 0 Å². The Morgan fingerprint density at radius 3 is 2.30 bits per heavy atom. The largest absolute Gasteiger partial charge is 0.349 e. The van der Waals surface area contributed by atoms with Gasteiger partial charge in [-0.15, -0.1) is 0 Å². The average Bonchev–Trinajstić information content (AvgIpc) is 3.62. The van der Waals surface area contributed by atoms with Crippen molar-refractivity contribution < 1.29 is 14.4 Å². The quantitative estimate of drug-likeness (QED) is 0.627. The van der Waals surface area contributed by atoms with Gasteiger partial charge in [0.15, 0.2) is 5.78 Å². The molecule has 6 nitrogen and oxygen atoms in total. The van der Waals surface area contributed by atoms with Gasteiger partial charge in [0.05, 0.1) is 12.2 Å². The summed E-state index contributed by atoms with van der Waals surface area (Å²) in [5.41, 5.74) is 2.81. The number of nitrogens with one attached hydrogen (secondary N) is 2. The fourth-order valence-electron chi connectivity index (χ4n) is 3.52. The number of nitrogens with zero attached hydrogens (tertiary/aromatic N) is 1. The molecule has 0 heterocycles. The van der Waals surface area contributed by atoms with Crippen LogP contribution >= 0.6 is 0 Å². The summed E-state index contributed by atoms with van der Waals surface area (Å²) < 4.78 is 0. The number of carbonyl (C=O) groups excluding carboxylic acids is 3. The summed E-state index contributed by atoms with van der Waals surface area (Å²) in [6.45, 7) is 2.41. The first-order valence-electron chi connectivity index (χ1n) is 10.5. The highest BCUT2D eigenvalue weighted by Crippen LogP contribution is 2.28. The molecule has 2 amide bonds. The fourth-order valence-corrected chi connectivity index (χ4v) is 3.52. The lowest BCUT2D eigenvalue weighted by molar-refractivity contribution is -0.117. The van der Waals surface area contributed by atoms with Crippen LogP contribution in [0.15, 0.2) is 48.5 Å². The number of carbonyl (C=O) groups is 3. The van der Waals surface area contributed by atoms with Gasteiger partial charge >= 0.3 is 0 Å². The number of hydrogen-bond acceptors (Lipinski definition) is 4. The molecule has 2 saturated carbocycles. The highest BCUT2D eigenvalue weighted by atomic mass is 16.2. The van der Waals surface area contributed by atoms with E-state index in [1.54, 1.807) is 18.2 Å². The van der Waals surface area contributed by atoms with Crippen molar-refractivity contribution in [2.45, 2.75) is 51.2 Å². The molecule has 0 unspecified atom stereocenters. The standard InChI is InChI=1S/C24H27N3O3/c1-16(28)21-4-2-3-5-22(21)26-23(29)15-27(20-12-13-20)14-17-6-8-18(9-7-17)24(30)25-19-10-11-19/h2-9,19-20H,10-15H2,1H3,(H,25,30)(H,26,29). The van der Waals surface area contributed by atoms with Gasteiger partial charge < -0.3 is 10.6 Å². The summed E-state index contributed by atoms with van der Waals surface area (Å²) >= 11 is 0. The molecule has 2 N–H and O–H groups in total. The maximum Gasteiger partial charge on any atom is 0.251 e. The van der Waals surface area contributed by atoms with Crippen LogP contribution in [0.1, 0.15) is 58.9 Å².